The van der Waals surface area contributed by atoms with Gasteiger partial charge in [-0.15, -0.1) is 0 Å². The molecular weight excluding hydrogens is 340 g/mol. The molecule has 2 aromatic heterocycles. The van der Waals surface area contributed by atoms with Crippen LogP contribution in [0.2, 0.25) is 0 Å². The zero-order valence-corrected chi connectivity index (χ0v) is 15.0. The van der Waals surface area contributed by atoms with E-state index in [1.807, 2.05) is 36.5 Å². The predicted octanol–water partition coefficient (Wildman–Crippen LogP) is 2.27. The molecule has 2 N–H and O–H groups in total. The number of aromatic nitrogens is 2. The number of H-pyrrole nitrogens is 1. The normalized spacial score (nSPS) is 16.8. The number of fused-ring (bicyclic) bond motifs is 1. The standard InChI is InChI=1S/C21H22N4O2/c26-20-11-17(14-25(20)13-15-5-8-22-9-6-15)21(27)23-10-7-16-12-24-19-4-2-1-3-18(16)19/h1-6,8-9,12,17,24H,7,10-11,13-14H2,(H,23,27). The minimum atomic E-state index is -0.276. The van der Waals surface area contributed by atoms with E-state index in [9.17, 15) is 9.59 Å². The van der Waals surface area contributed by atoms with Gasteiger partial charge in [0.2, 0.25) is 11.8 Å². The number of benzene rings is 1. The van der Waals surface area contributed by atoms with Gasteiger partial charge in [-0.1, -0.05) is 18.2 Å². The number of hydrogen-bond acceptors (Lipinski definition) is 3. The van der Waals surface area contributed by atoms with Gasteiger partial charge < -0.3 is 15.2 Å². The Morgan fingerprint density at radius 1 is 1.22 bits per heavy atom. The molecular formula is C21H22N4O2. The third-order valence-electron chi connectivity index (χ3n) is 5.08. The molecule has 0 radical (unpaired) electrons. The molecule has 1 saturated heterocycles. The van der Waals surface area contributed by atoms with Crippen molar-refractivity contribution in [1.29, 1.82) is 0 Å². The van der Waals surface area contributed by atoms with Gasteiger partial charge in [0.05, 0.1) is 5.92 Å². The van der Waals surface area contributed by atoms with Crippen molar-refractivity contribution in [3.63, 3.8) is 0 Å². The molecule has 1 aromatic carbocycles. The van der Waals surface area contributed by atoms with Crippen molar-refractivity contribution in [2.24, 2.45) is 5.92 Å². The van der Waals surface area contributed by atoms with Crippen LogP contribution >= 0.6 is 0 Å². The highest BCUT2D eigenvalue weighted by molar-refractivity contribution is 5.89. The van der Waals surface area contributed by atoms with Gasteiger partial charge >= 0.3 is 0 Å². The summed E-state index contributed by atoms with van der Waals surface area (Å²) in [5.41, 5.74) is 3.32. The summed E-state index contributed by atoms with van der Waals surface area (Å²) in [6, 6.07) is 11.9. The third kappa shape index (κ3) is 3.84. The smallest absolute Gasteiger partial charge is 0.225 e. The van der Waals surface area contributed by atoms with E-state index in [-0.39, 0.29) is 24.2 Å². The number of aromatic amines is 1. The summed E-state index contributed by atoms with van der Waals surface area (Å²) in [6.07, 6.45) is 6.46. The summed E-state index contributed by atoms with van der Waals surface area (Å²) >= 11 is 0. The maximum absolute atomic E-state index is 12.5. The number of pyridine rings is 1. The van der Waals surface area contributed by atoms with E-state index in [1.165, 1.54) is 10.9 Å². The van der Waals surface area contributed by atoms with Crippen LogP contribution in [0.1, 0.15) is 17.5 Å². The number of amides is 2. The summed E-state index contributed by atoms with van der Waals surface area (Å²) in [5.74, 6) is -0.286. The molecule has 2 amide bonds. The molecule has 0 spiro atoms. The van der Waals surface area contributed by atoms with Crippen LogP contribution in [0.15, 0.2) is 55.0 Å². The molecule has 6 heteroatoms. The second kappa shape index (κ2) is 7.61. The molecule has 0 aliphatic carbocycles. The van der Waals surface area contributed by atoms with Crippen LogP contribution in [0, 0.1) is 5.92 Å². The highest BCUT2D eigenvalue weighted by Crippen LogP contribution is 2.21. The second-order valence-electron chi connectivity index (χ2n) is 6.93. The highest BCUT2D eigenvalue weighted by atomic mass is 16.2. The Bertz CT molecular complexity index is 951. The Labute approximate surface area is 157 Å². The molecule has 1 fully saturated rings. The van der Waals surface area contributed by atoms with Gasteiger partial charge in [-0.25, -0.2) is 0 Å². The SMILES string of the molecule is O=C(NCCc1c[nH]c2ccccc12)C1CC(=O)N(Cc2ccncc2)C1. The summed E-state index contributed by atoms with van der Waals surface area (Å²) in [5, 5.41) is 4.18. The lowest BCUT2D eigenvalue weighted by Crippen LogP contribution is -2.34. The number of rotatable bonds is 6. The quantitative estimate of drug-likeness (QED) is 0.706. The largest absolute Gasteiger partial charge is 0.361 e. The fourth-order valence-corrected chi connectivity index (χ4v) is 3.61. The lowest BCUT2D eigenvalue weighted by atomic mass is 10.1. The first-order chi connectivity index (χ1) is 13.2. The maximum Gasteiger partial charge on any atom is 0.225 e. The van der Waals surface area contributed by atoms with Crippen molar-refractivity contribution in [1.82, 2.24) is 20.2 Å². The molecule has 0 bridgehead atoms. The molecule has 3 heterocycles. The minimum Gasteiger partial charge on any atom is -0.361 e. The van der Waals surface area contributed by atoms with E-state index in [0.717, 1.165) is 17.5 Å². The Balaban J connectivity index is 1.29. The fourth-order valence-electron chi connectivity index (χ4n) is 3.61. The van der Waals surface area contributed by atoms with E-state index >= 15 is 0 Å². The van der Waals surface area contributed by atoms with Crippen molar-refractivity contribution in [3.8, 4) is 0 Å². The molecule has 3 aromatic rings. The second-order valence-corrected chi connectivity index (χ2v) is 6.93. The molecule has 4 rings (SSSR count). The van der Waals surface area contributed by atoms with E-state index in [1.54, 1.807) is 17.3 Å². The number of nitrogens with one attached hydrogen (secondary N) is 2. The van der Waals surface area contributed by atoms with Gasteiger partial charge in [-0.05, 0) is 35.7 Å². The monoisotopic (exact) mass is 362 g/mol. The summed E-state index contributed by atoms with van der Waals surface area (Å²) < 4.78 is 0. The lowest BCUT2D eigenvalue weighted by molar-refractivity contribution is -0.129. The summed E-state index contributed by atoms with van der Waals surface area (Å²) in [7, 11) is 0. The van der Waals surface area contributed by atoms with Crippen LogP contribution in [0.25, 0.3) is 10.9 Å². The molecule has 6 nitrogen and oxygen atoms in total. The zero-order chi connectivity index (χ0) is 18.6. The van der Waals surface area contributed by atoms with E-state index in [2.05, 4.69) is 21.4 Å². The number of nitrogens with zero attached hydrogens (tertiary/aromatic N) is 2. The van der Waals surface area contributed by atoms with Crippen LogP contribution in [0.4, 0.5) is 0 Å². The number of para-hydroxylation sites is 1. The van der Waals surface area contributed by atoms with Gasteiger partial charge in [0, 0.05) is 55.5 Å². The maximum atomic E-state index is 12.5. The van der Waals surface area contributed by atoms with Gasteiger partial charge in [-0.2, -0.15) is 0 Å². The van der Waals surface area contributed by atoms with Crippen LogP contribution in [-0.4, -0.2) is 39.8 Å². The van der Waals surface area contributed by atoms with Crippen molar-refractivity contribution >= 4 is 22.7 Å². The zero-order valence-electron chi connectivity index (χ0n) is 15.0. The predicted molar refractivity (Wildman–Crippen MR) is 103 cm³/mol. The van der Waals surface area contributed by atoms with Gasteiger partial charge in [0.1, 0.15) is 0 Å². The number of likely N-dealkylation sites (tertiary alicyclic amines) is 1. The van der Waals surface area contributed by atoms with Crippen LogP contribution in [0.3, 0.4) is 0 Å². The molecule has 27 heavy (non-hydrogen) atoms. The highest BCUT2D eigenvalue weighted by Gasteiger charge is 2.34. The Hall–Kier alpha value is -3.15. The lowest BCUT2D eigenvalue weighted by Gasteiger charge is -2.16. The van der Waals surface area contributed by atoms with Crippen molar-refractivity contribution < 1.29 is 9.59 Å². The first kappa shape index (κ1) is 17.3. The van der Waals surface area contributed by atoms with Crippen LogP contribution < -0.4 is 5.32 Å². The minimum absolute atomic E-state index is 0.0311. The first-order valence-corrected chi connectivity index (χ1v) is 9.20. The first-order valence-electron chi connectivity index (χ1n) is 9.20. The van der Waals surface area contributed by atoms with Gasteiger partial charge in [-0.3, -0.25) is 14.6 Å². The molecule has 1 unspecified atom stereocenters. The van der Waals surface area contributed by atoms with Crippen molar-refractivity contribution in [2.75, 3.05) is 13.1 Å². The van der Waals surface area contributed by atoms with Crippen molar-refractivity contribution in [2.45, 2.75) is 19.4 Å². The van der Waals surface area contributed by atoms with Gasteiger partial charge in [0.25, 0.3) is 0 Å². The van der Waals surface area contributed by atoms with Crippen LogP contribution in [0.5, 0.6) is 0 Å². The van der Waals surface area contributed by atoms with E-state index in [4.69, 9.17) is 0 Å². The third-order valence-corrected chi connectivity index (χ3v) is 5.08. The average molecular weight is 362 g/mol. The summed E-state index contributed by atoms with van der Waals surface area (Å²) in [6.45, 7) is 1.57. The molecule has 1 aliphatic heterocycles. The number of hydrogen-bond donors (Lipinski definition) is 2. The Morgan fingerprint density at radius 2 is 2.04 bits per heavy atom. The van der Waals surface area contributed by atoms with Gasteiger partial charge in [0.15, 0.2) is 0 Å². The molecule has 1 atom stereocenters. The topological polar surface area (TPSA) is 78.1 Å². The molecule has 0 saturated carbocycles. The average Bonchev–Trinajstić information content (AvgIpc) is 3.27. The summed E-state index contributed by atoms with van der Waals surface area (Å²) in [4.78, 5) is 33.7. The Kier molecular flexibility index (Phi) is 4.87. The number of carbonyl (C=O) groups is 2. The molecule has 138 valence electrons. The van der Waals surface area contributed by atoms with Crippen LogP contribution in [-0.2, 0) is 22.6 Å². The van der Waals surface area contributed by atoms with Crippen molar-refractivity contribution in [3.05, 3.63) is 66.1 Å². The van der Waals surface area contributed by atoms with E-state index in [0.29, 0.717) is 19.6 Å². The Morgan fingerprint density at radius 3 is 2.89 bits per heavy atom. The fraction of sp³-hybridized carbons (Fsp3) is 0.286. The molecule has 1 aliphatic rings. The number of carbonyl (C=O) groups excluding carboxylic acids is 2. The van der Waals surface area contributed by atoms with E-state index < -0.39 is 0 Å².